The number of nitro benzene ring substituents is 1. The molecule has 3 aromatic rings. The Kier molecular flexibility index (Phi) is 7.25. The van der Waals surface area contributed by atoms with Crippen LogP contribution in [0.25, 0.3) is 6.08 Å². The number of para-hydroxylation sites is 1. The number of allylic oxidation sites excluding steroid dienone is 1. The second-order valence-corrected chi connectivity index (χ2v) is 9.20. The SMILES string of the molecule is CCOC(=O)C1=C(C)N=c2s/c(=C/c3cccc(OC)c3OC)c(=O)n2[C@@H]1c1ccc(C)c([N+](=O)[O-])c1. The van der Waals surface area contributed by atoms with E-state index in [1.807, 2.05) is 0 Å². The van der Waals surface area contributed by atoms with E-state index >= 15 is 0 Å². The maximum absolute atomic E-state index is 13.8. The van der Waals surface area contributed by atoms with Crippen molar-refractivity contribution in [2.45, 2.75) is 26.8 Å². The number of aryl methyl sites for hydroxylation is 1. The number of carbonyl (C=O) groups excluding carboxylic acids is 1. The summed E-state index contributed by atoms with van der Waals surface area (Å²) in [4.78, 5) is 42.9. The highest BCUT2D eigenvalue weighted by atomic mass is 32.1. The van der Waals surface area contributed by atoms with Crippen LogP contribution in [0.1, 0.15) is 36.6 Å². The summed E-state index contributed by atoms with van der Waals surface area (Å²) < 4.78 is 17.9. The first-order chi connectivity index (χ1) is 17.7. The van der Waals surface area contributed by atoms with Crippen LogP contribution in [0.4, 0.5) is 5.69 Å². The van der Waals surface area contributed by atoms with Gasteiger partial charge in [0.05, 0.1) is 47.6 Å². The molecule has 0 N–H and O–H groups in total. The predicted molar refractivity (Wildman–Crippen MR) is 138 cm³/mol. The predicted octanol–water partition coefficient (Wildman–Crippen LogP) is 3.03. The van der Waals surface area contributed by atoms with Crippen LogP contribution in [0.3, 0.4) is 0 Å². The van der Waals surface area contributed by atoms with Gasteiger partial charge in [0.25, 0.3) is 11.2 Å². The number of methoxy groups -OCH3 is 2. The van der Waals surface area contributed by atoms with Crippen molar-refractivity contribution >= 4 is 29.1 Å². The smallest absolute Gasteiger partial charge is 0.338 e. The number of fused-ring (bicyclic) bond motifs is 1. The van der Waals surface area contributed by atoms with E-state index in [9.17, 15) is 19.7 Å². The molecule has 0 saturated heterocycles. The summed E-state index contributed by atoms with van der Waals surface area (Å²) in [5.74, 6) is 0.333. The summed E-state index contributed by atoms with van der Waals surface area (Å²) in [6.07, 6.45) is 1.67. The zero-order valence-electron chi connectivity index (χ0n) is 20.9. The van der Waals surface area contributed by atoms with E-state index in [2.05, 4.69) is 4.99 Å². The van der Waals surface area contributed by atoms with Crippen molar-refractivity contribution in [3.63, 3.8) is 0 Å². The standard InChI is InChI=1S/C26H25N3O7S/c1-6-36-25(31)21-15(3)27-26-28(22(21)16-11-10-14(2)18(12-16)29(32)33)24(30)20(37-26)13-17-8-7-9-19(34-4)23(17)35-5/h7-13,22H,6H2,1-5H3/b20-13+/t22-/m1/s1. The molecule has 37 heavy (non-hydrogen) atoms. The molecule has 4 rings (SSSR count). The Hall–Kier alpha value is -4.25. The van der Waals surface area contributed by atoms with Crippen molar-refractivity contribution in [2.75, 3.05) is 20.8 Å². The number of nitro groups is 1. The molecular weight excluding hydrogens is 498 g/mol. The van der Waals surface area contributed by atoms with Gasteiger partial charge in [0, 0.05) is 17.2 Å². The minimum absolute atomic E-state index is 0.112. The molecule has 1 aromatic heterocycles. The second kappa shape index (κ2) is 10.4. The van der Waals surface area contributed by atoms with E-state index in [0.717, 1.165) is 11.3 Å². The van der Waals surface area contributed by atoms with Crippen molar-refractivity contribution < 1.29 is 23.9 Å². The summed E-state index contributed by atoms with van der Waals surface area (Å²) in [6.45, 7) is 5.08. The third kappa shape index (κ3) is 4.65. The van der Waals surface area contributed by atoms with E-state index in [1.54, 1.807) is 57.2 Å². The van der Waals surface area contributed by atoms with Crippen LogP contribution in [-0.2, 0) is 9.53 Å². The fourth-order valence-corrected chi connectivity index (χ4v) is 5.30. The number of carbonyl (C=O) groups is 1. The summed E-state index contributed by atoms with van der Waals surface area (Å²) in [6, 6.07) is 9.02. The fourth-order valence-electron chi connectivity index (χ4n) is 4.27. The van der Waals surface area contributed by atoms with Gasteiger partial charge in [-0.3, -0.25) is 19.5 Å². The molecule has 0 spiro atoms. The fraction of sp³-hybridized carbons (Fsp3) is 0.269. The Bertz CT molecular complexity index is 1620. The molecule has 10 nitrogen and oxygen atoms in total. The van der Waals surface area contributed by atoms with Gasteiger partial charge in [-0.1, -0.05) is 35.6 Å². The first-order valence-corrected chi connectivity index (χ1v) is 12.2. The number of hydrogen-bond acceptors (Lipinski definition) is 9. The first kappa shape index (κ1) is 25.8. The summed E-state index contributed by atoms with van der Waals surface area (Å²) in [7, 11) is 3.03. The summed E-state index contributed by atoms with van der Waals surface area (Å²) >= 11 is 1.14. The van der Waals surface area contributed by atoms with Gasteiger partial charge < -0.3 is 14.2 Å². The molecule has 0 saturated carbocycles. The molecule has 0 unspecified atom stereocenters. The van der Waals surface area contributed by atoms with Gasteiger partial charge in [0.2, 0.25) is 0 Å². The van der Waals surface area contributed by atoms with Crippen molar-refractivity contribution in [3.05, 3.63) is 94.2 Å². The van der Waals surface area contributed by atoms with Crippen molar-refractivity contribution in [1.82, 2.24) is 4.57 Å². The number of benzene rings is 2. The number of nitrogens with zero attached hydrogens (tertiary/aromatic N) is 3. The van der Waals surface area contributed by atoms with Crippen LogP contribution < -0.4 is 24.4 Å². The molecule has 11 heteroatoms. The second-order valence-electron chi connectivity index (χ2n) is 8.19. The molecule has 0 amide bonds. The Labute approximate surface area is 215 Å². The van der Waals surface area contributed by atoms with E-state index in [1.165, 1.54) is 24.9 Å². The van der Waals surface area contributed by atoms with Gasteiger partial charge in [0.15, 0.2) is 16.3 Å². The highest BCUT2D eigenvalue weighted by molar-refractivity contribution is 7.07. The van der Waals surface area contributed by atoms with Gasteiger partial charge in [-0.2, -0.15) is 0 Å². The minimum Gasteiger partial charge on any atom is -0.493 e. The summed E-state index contributed by atoms with van der Waals surface area (Å²) in [5, 5.41) is 11.7. The van der Waals surface area contributed by atoms with Gasteiger partial charge in [-0.15, -0.1) is 0 Å². The molecule has 2 aromatic carbocycles. The number of thiazole rings is 1. The Balaban J connectivity index is 2.01. The molecule has 2 heterocycles. The first-order valence-electron chi connectivity index (χ1n) is 11.4. The van der Waals surface area contributed by atoms with Crippen LogP contribution in [0.5, 0.6) is 11.5 Å². The van der Waals surface area contributed by atoms with Crippen LogP contribution in [-0.4, -0.2) is 36.3 Å². The van der Waals surface area contributed by atoms with Gasteiger partial charge in [0.1, 0.15) is 0 Å². The third-order valence-corrected chi connectivity index (χ3v) is 6.97. The molecule has 1 aliphatic rings. The van der Waals surface area contributed by atoms with Crippen LogP contribution >= 0.6 is 11.3 Å². The topological polar surface area (TPSA) is 122 Å². The van der Waals surface area contributed by atoms with Gasteiger partial charge >= 0.3 is 5.97 Å². The quantitative estimate of drug-likeness (QED) is 0.265. The molecule has 192 valence electrons. The van der Waals surface area contributed by atoms with Gasteiger partial charge in [-0.05, 0) is 38.5 Å². The lowest BCUT2D eigenvalue weighted by molar-refractivity contribution is -0.385. The number of aromatic nitrogens is 1. The average Bonchev–Trinajstić information content (AvgIpc) is 3.17. The highest BCUT2D eigenvalue weighted by Gasteiger charge is 2.34. The van der Waals surface area contributed by atoms with Crippen LogP contribution in [0.2, 0.25) is 0 Å². The van der Waals surface area contributed by atoms with Crippen molar-refractivity contribution in [3.8, 4) is 11.5 Å². The summed E-state index contributed by atoms with van der Waals surface area (Å²) in [5.41, 5.74) is 1.49. The van der Waals surface area contributed by atoms with E-state index < -0.39 is 22.5 Å². The maximum atomic E-state index is 13.8. The minimum atomic E-state index is -0.955. The van der Waals surface area contributed by atoms with Gasteiger partial charge in [-0.25, -0.2) is 9.79 Å². The molecule has 1 atom stereocenters. The maximum Gasteiger partial charge on any atom is 0.338 e. The zero-order chi connectivity index (χ0) is 26.9. The largest absolute Gasteiger partial charge is 0.493 e. The molecule has 0 radical (unpaired) electrons. The third-order valence-electron chi connectivity index (χ3n) is 5.98. The monoisotopic (exact) mass is 523 g/mol. The number of esters is 1. The lowest BCUT2D eigenvalue weighted by atomic mass is 9.94. The number of ether oxygens (including phenoxy) is 3. The van der Waals surface area contributed by atoms with E-state index in [4.69, 9.17) is 14.2 Å². The van der Waals surface area contributed by atoms with Crippen molar-refractivity contribution in [2.24, 2.45) is 4.99 Å². The normalized spacial score (nSPS) is 15.2. The Morgan fingerprint density at radius 2 is 1.97 bits per heavy atom. The molecule has 0 fully saturated rings. The Morgan fingerprint density at radius 1 is 1.22 bits per heavy atom. The van der Waals surface area contributed by atoms with E-state index in [0.29, 0.717) is 43.2 Å². The Morgan fingerprint density at radius 3 is 2.62 bits per heavy atom. The molecular formula is C26H25N3O7S. The zero-order valence-corrected chi connectivity index (χ0v) is 21.8. The molecule has 0 bridgehead atoms. The van der Waals surface area contributed by atoms with Crippen LogP contribution in [0.15, 0.2) is 57.5 Å². The molecule has 0 aliphatic carbocycles. The number of rotatable bonds is 7. The lowest BCUT2D eigenvalue weighted by Gasteiger charge is -2.24. The highest BCUT2D eigenvalue weighted by Crippen LogP contribution is 2.34. The molecule has 1 aliphatic heterocycles. The number of hydrogen-bond donors (Lipinski definition) is 0. The van der Waals surface area contributed by atoms with Crippen molar-refractivity contribution in [1.29, 1.82) is 0 Å². The lowest BCUT2D eigenvalue weighted by Crippen LogP contribution is -2.40. The average molecular weight is 524 g/mol. The van der Waals surface area contributed by atoms with E-state index in [-0.39, 0.29) is 17.9 Å². The van der Waals surface area contributed by atoms with Crippen LogP contribution in [0, 0.1) is 17.0 Å².